The predicted octanol–water partition coefficient (Wildman–Crippen LogP) is 3.22. The highest BCUT2D eigenvalue weighted by Gasteiger charge is 2.23. The third-order valence-corrected chi connectivity index (χ3v) is 9.42. The lowest BCUT2D eigenvalue weighted by Gasteiger charge is -2.05. The van der Waals surface area contributed by atoms with E-state index in [1.807, 2.05) is 6.92 Å². The Morgan fingerprint density at radius 2 is 1.43 bits per heavy atom. The zero-order chi connectivity index (χ0) is 15.7. The molecule has 1 aromatic rings. The Kier molecular flexibility index (Phi) is 5.55. The predicted molar refractivity (Wildman–Crippen MR) is 90.2 cm³/mol. The van der Waals surface area contributed by atoms with E-state index < -0.39 is 19.7 Å². The molecule has 1 aromatic heterocycles. The molecule has 0 saturated heterocycles. The summed E-state index contributed by atoms with van der Waals surface area (Å²) in [7, 11) is -6.26. The van der Waals surface area contributed by atoms with E-state index in [4.69, 9.17) is 0 Å². The molecule has 0 aromatic carbocycles. The topological polar surface area (TPSA) is 68.3 Å². The first-order valence-corrected chi connectivity index (χ1v) is 12.1. The second-order valence-electron chi connectivity index (χ2n) is 5.47. The summed E-state index contributed by atoms with van der Waals surface area (Å²) in [6.07, 6.45) is 2.75. The van der Waals surface area contributed by atoms with Crippen LogP contribution in [0, 0.1) is 6.92 Å². The molecule has 0 atom stereocenters. The maximum atomic E-state index is 12.2. The molecule has 8 heteroatoms. The number of aryl methyl sites for hydroxylation is 1. The van der Waals surface area contributed by atoms with Crippen molar-refractivity contribution < 1.29 is 16.8 Å². The lowest BCUT2D eigenvalue weighted by molar-refractivity contribution is 0.581. The molecule has 1 aliphatic rings. The normalized spacial score (nSPS) is 22.8. The van der Waals surface area contributed by atoms with Gasteiger partial charge in [0.25, 0.3) is 0 Å². The molecule has 4 nitrogen and oxygen atoms in total. The van der Waals surface area contributed by atoms with Crippen molar-refractivity contribution in [1.82, 2.24) is 0 Å². The minimum Gasteiger partial charge on any atom is -0.228 e. The third-order valence-electron chi connectivity index (χ3n) is 3.59. The molecule has 0 saturated carbocycles. The van der Waals surface area contributed by atoms with Crippen molar-refractivity contribution in [2.75, 3.05) is 11.5 Å². The molecule has 0 aliphatic carbocycles. The summed E-state index contributed by atoms with van der Waals surface area (Å²) in [5.41, 5.74) is 0.726. The van der Waals surface area contributed by atoms with Crippen LogP contribution < -0.4 is 0 Å². The zero-order valence-corrected chi connectivity index (χ0v) is 15.9. The molecule has 2 rings (SSSR count). The van der Waals surface area contributed by atoms with Crippen LogP contribution in [0.5, 0.6) is 0 Å². The van der Waals surface area contributed by atoms with E-state index >= 15 is 0 Å². The van der Waals surface area contributed by atoms with E-state index in [0.29, 0.717) is 17.3 Å². The van der Waals surface area contributed by atoms with E-state index in [1.165, 1.54) is 11.3 Å². The molecule has 0 fully saturated rings. The van der Waals surface area contributed by atoms with Gasteiger partial charge in [-0.15, -0.1) is 11.3 Å². The van der Waals surface area contributed by atoms with E-state index in [2.05, 4.69) is 15.9 Å². The van der Waals surface area contributed by atoms with Crippen molar-refractivity contribution in [3.8, 4) is 0 Å². The fourth-order valence-corrected chi connectivity index (χ4v) is 8.42. The highest BCUT2D eigenvalue weighted by molar-refractivity contribution is 9.10. The Balaban J connectivity index is 2.41. The summed E-state index contributed by atoms with van der Waals surface area (Å²) in [5.74, 6) is 0.352. The number of hydrogen-bond acceptors (Lipinski definition) is 5. The van der Waals surface area contributed by atoms with E-state index in [1.54, 1.807) is 0 Å². The SMILES string of the molecule is Cc1sc2c(Br)c1CS(=O)(=O)CCCCCCS(=O)(=O)C2. The third kappa shape index (κ3) is 4.77. The van der Waals surface area contributed by atoms with Gasteiger partial charge in [0.15, 0.2) is 19.7 Å². The van der Waals surface area contributed by atoms with Gasteiger partial charge < -0.3 is 0 Å². The Bertz CT molecular complexity index is 717. The van der Waals surface area contributed by atoms with E-state index in [-0.39, 0.29) is 23.0 Å². The highest BCUT2D eigenvalue weighted by Crippen LogP contribution is 2.36. The summed E-state index contributed by atoms with van der Waals surface area (Å²) in [4.78, 5) is 1.60. The quantitative estimate of drug-likeness (QED) is 0.653. The zero-order valence-electron chi connectivity index (χ0n) is 11.9. The lowest BCUT2D eigenvalue weighted by Crippen LogP contribution is -2.10. The molecule has 21 heavy (non-hydrogen) atoms. The van der Waals surface area contributed by atoms with Crippen LogP contribution in [0.25, 0.3) is 0 Å². The van der Waals surface area contributed by atoms with Crippen LogP contribution in [0.3, 0.4) is 0 Å². The minimum atomic E-state index is -3.14. The van der Waals surface area contributed by atoms with Gasteiger partial charge in [-0.1, -0.05) is 12.8 Å². The minimum absolute atomic E-state index is 0.000856. The average Bonchev–Trinajstić information content (AvgIpc) is 2.60. The van der Waals surface area contributed by atoms with Crippen LogP contribution in [0.4, 0.5) is 0 Å². The molecular weight excluding hydrogens is 396 g/mol. The molecule has 0 spiro atoms. The van der Waals surface area contributed by atoms with Crippen molar-refractivity contribution in [1.29, 1.82) is 0 Å². The van der Waals surface area contributed by atoms with Crippen LogP contribution >= 0.6 is 27.3 Å². The fourth-order valence-electron chi connectivity index (χ4n) is 2.43. The highest BCUT2D eigenvalue weighted by atomic mass is 79.9. The standard InChI is InChI=1S/C13H19BrO4S3/c1-10-11-8-20(15,16)6-4-2-3-5-7-21(17,18)9-12(19-10)13(11)14/h2-9H2,1H3. The fraction of sp³-hybridized carbons (Fsp3) is 0.692. The molecule has 0 N–H and O–H groups in total. The van der Waals surface area contributed by atoms with Crippen LogP contribution in [0.2, 0.25) is 0 Å². The van der Waals surface area contributed by atoms with Crippen molar-refractivity contribution in [2.24, 2.45) is 0 Å². The second-order valence-corrected chi connectivity index (χ2v) is 11.9. The van der Waals surface area contributed by atoms with Gasteiger partial charge >= 0.3 is 0 Å². The largest absolute Gasteiger partial charge is 0.228 e. The van der Waals surface area contributed by atoms with Crippen LogP contribution in [0.15, 0.2) is 4.47 Å². The van der Waals surface area contributed by atoms with Crippen molar-refractivity contribution in [3.05, 3.63) is 19.8 Å². The Morgan fingerprint density at radius 1 is 0.905 bits per heavy atom. The first kappa shape index (κ1) is 17.4. The maximum absolute atomic E-state index is 12.2. The van der Waals surface area contributed by atoms with Crippen LogP contribution in [-0.2, 0) is 31.2 Å². The summed E-state index contributed by atoms with van der Waals surface area (Å²) in [6.45, 7) is 1.85. The molecule has 0 radical (unpaired) electrons. The van der Waals surface area contributed by atoms with E-state index in [9.17, 15) is 16.8 Å². The summed E-state index contributed by atoms with van der Waals surface area (Å²) >= 11 is 4.79. The molecule has 2 heterocycles. The summed E-state index contributed by atoms with van der Waals surface area (Å²) < 4.78 is 49.3. The molecule has 2 bridgehead atoms. The molecular formula is C13H19BrO4S3. The van der Waals surface area contributed by atoms with Crippen molar-refractivity contribution in [3.63, 3.8) is 0 Å². The number of rotatable bonds is 0. The monoisotopic (exact) mass is 414 g/mol. The van der Waals surface area contributed by atoms with Gasteiger partial charge in [-0.05, 0) is 41.3 Å². The van der Waals surface area contributed by atoms with E-state index in [0.717, 1.165) is 28.2 Å². The number of fused-ring (bicyclic) bond motifs is 2. The Hall–Kier alpha value is 0.0800. The molecule has 120 valence electrons. The number of hydrogen-bond donors (Lipinski definition) is 0. The second kappa shape index (κ2) is 6.68. The first-order chi connectivity index (χ1) is 9.70. The Morgan fingerprint density at radius 3 is 2.00 bits per heavy atom. The van der Waals surface area contributed by atoms with Gasteiger partial charge in [0.2, 0.25) is 0 Å². The van der Waals surface area contributed by atoms with Gasteiger partial charge in [-0.3, -0.25) is 0 Å². The number of thiophene rings is 1. The average molecular weight is 415 g/mol. The van der Waals surface area contributed by atoms with Crippen molar-refractivity contribution >= 4 is 46.9 Å². The lowest BCUT2D eigenvalue weighted by atomic mass is 10.2. The smallest absolute Gasteiger partial charge is 0.155 e. The summed E-state index contributed by atoms with van der Waals surface area (Å²) in [5, 5.41) is 0. The van der Waals surface area contributed by atoms with Gasteiger partial charge in [-0.25, -0.2) is 16.8 Å². The number of halogens is 1. The molecule has 0 unspecified atom stereocenters. The maximum Gasteiger partial charge on any atom is 0.155 e. The van der Waals surface area contributed by atoms with Gasteiger partial charge in [0.05, 0.1) is 23.0 Å². The van der Waals surface area contributed by atoms with Gasteiger partial charge in [-0.2, -0.15) is 0 Å². The first-order valence-electron chi connectivity index (χ1n) is 6.88. The van der Waals surface area contributed by atoms with Gasteiger partial charge in [0.1, 0.15) is 0 Å². The summed E-state index contributed by atoms with van der Waals surface area (Å²) in [6, 6.07) is 0. The Labute approximate surface area is 138 Å². The van der Waals surface area contributed by atoms with Crippen LogP contribution in [0.1, 0.15) is 41.0 Å². The van der Waals surface area contributed by atoms with Crippen molar-refractivity contribution in [2.45, 2.75) is 44.1 Å². The number of sulfone groups is 2. The molecule has 0 amide bonds. The van der Waals surface area contributed by atoms with Crippen LogP contribution in [-0.4, -0.2) is 28.3 Å². The van der Waals surface area contributed by atoms with Gasteiger partial charge in [0, 0.05) is 14.2 Å². The molecule has 1 aliphatic heterocycles.